The number of carbonyl (C=O) groups excluding carboxylic acids is 1. The van der Waals surface area contributed by atoms with E-state index in [1.807, 2.05) is 0 Å². The Hall–Kier alpha value is -1.80. The van der Waals surface area contributed by atoms with Crippen LogP contribution < -0.4 is 10.6 Å². The Kier molecular flexibility index (Phi) is 4.92. The summed E-state index contributed by atoms with van der Waals surface area (Å²) in [6.45, 7) is 0. The van der Waals surface area contributed by atoms with Gasteiger partial charge in [-0.1, -0.05) is 29.3 Å². The highest BCUT2D eigenvalue weighted by molar-refractivity contribution is 7.85. The molecule has 2 amide bonds. The Labute approximate surface area is 136 Å². The molecule has 116 valence electrons. The average molecular weight is 361 g/mol. The summed E-state index contributed by atoms with van der Waals surface area (Å²) in [5.74, 6) is 0. The maximum Gasteiger partial charge on any atom is 0.323 e. The largest absolute Gasteiger partial charge is 0.323 e. The number of hydrogen-bond acceptors (Lipinski definition) is 3. The summed E-state index contributed by atoms with van der Waals surface area (Å²) < 4.78 is 31.0. The molecule has 0 aromatic heterocycles. The van der Waals surface area contributed by atoms with Gasteiger partial charge in [0.15, 0.2) is 0 Å². The van der Waals surface area contributed by atoms with Crippen LogP contribution in [-0.2, 0) is 10.1 Å². The zero-order chi connectivity index (χ0) is 16.3. The van der Waals surface area contributed by atoms with E-state index in [2.05, 4.69) is 10.6 Å². The van der Waals surface area contributed by atoms with Crippen LogP contribution in [0.25, 0.3) is 0 Å². The molecule has 0 saturated heterocycles. The summed E-state index contributed by atoms with van der Waals surface area (Å²) >= 11 is 11.6. The smallest absolute Gasteiger partial charge is 0.308 e. The molecule has 2 rings (SSSR count). The van der Waals surface area contributed by atoms with Gasteiger partial charge in [-0.3, -0.25) is 4.55 Å². The van der Waals surface area contributed by atoms with E-state index >= 15 is 0 Å². The highest BCUT2D eigenvalue weighted by Gasteiger charge is 2.11. The van der Waals surface area contributed by atoms with E-state index < -0.39 is 16.1 Å². The lowest BCUT2D eigenvalue weighted by Crippen LogP contribution is -2.19. The van der Waals surface area contributed by atoms with Crippen molar-refractivity contribution in [3.63, 3.8) is 0 Å². The van der Waals surface area contributed by atoms with Crippen LogP contribution in [0.2, 0.25) is 10.0 Å². The van der Waals surface area contributed by atoms with Gasteiger partial charge in [0.1, 0.15) is 0 Å². The van der Waals surface area contributed by atoms with E-state index in [0.717, 1.165) is 6.07 Å². The van der Waals surface area contributed by atoms with Crippen LogP contribution in [0.15, 0.2) is 47.4 Å². The Morgan fingerprint density at radius 3 is 2.18 bits per heavy atom. The van der Waals surface area contributed by atoms with Gasteiger partial charge in [-0.15, -0.1) is 0 Å². The average Bonchev–Trinajstić information content (AvgIpc) is 2.42. The van der Waals surface area contributed by atoms with Crippen molar-refractivity contribution in [3.8, 4) is 0 Å². The quantitative estimate of drug-likeness (QED) is 0.723. The SMILES string of the molecule is O=C(Nc1cccc(S(=O)(=O)O)c1)Nc1ccc(Cl)c(Cl)c1. The first-order chi connectivity index (χ1) is 10.3. The number of urea groups is 1. The monoisotopic (exact) mass is 360 g/mol. The molecule has 0 aliphatic heterocycles. The molecule has 3 N–H and O–H groups in total. The summed E-state index contributed by atoms with van der Waals surface area (Å²) in [6, 6.07) is 9.15. The molecule has 0 atom stereocenters. The molecule has 0 radical (unpaired) electrons. The van der Waals surface area contributed by atoms with Crippen molar-refractivity contribution in [2.24, 2.45) is 0 Å². The third kappa shape index (κ3) is 4.35. The van der Waals surface area contributed by atoms with Crippen LogP contribution in [0.4, 0.5) is 16.2 Å². The van der Waals surface area contributed by atoms with Crippen LogP contribution in [0.5, 0.6) is 0 Å². The summed E-state index contributed by atoms with van der Waals surface area (Å²) in [4.78, 5) is 11.5. The summed E-state index contributed by atoms with van der Waals surface area (Å²) in [5.41, 5.74) is 0.616. The second-order valence-electron chi connectivity index (χ2n) is 4.21. The van der Waals surface area contributed by atoms with Gasteiger partial charge in [0.2, 0.25) is 0 Å². The first-order valence-corrected chi connectivity index (χ1v) is 8.06. The Morgan fingerprint density at radius 2 is 1.59 bits per heavy atom. The molecule has 22 heavy (non-hydrogen) atoms. The number of amides is 2. The van der Waals surface area contributed by atoms with E-state index in [9.17, 15) is 13.2 Å². The second-order valence-corrected chi connectivity index (χ2v) is 6.45. The van der Waals surface area contributed by atoms with Crippen LogP contribution in [0, 0.1) is 0 Å². The molecule has 6 nitrogen and oxygen atoms in total. The van der Waals surface area contributed by atoms with E-state index in [4.69, 9.17) is 27.8 Å². The highest BCUT2D eigenvalue weighted by Crippen LogP contribution is 2.25. The van der Waals surface area contributed by atoms with Crippen LogP contribution in [0.3, 0.4) is 0 Å². The van der Waals surface area contributed by atoms with Crippen LogP contribution in [-0.4, -0.2) is 19.0 Å². The first kappa shape index (κ1) is 16.6. The molecule has 0 heterocycles. The molecule has 0 spiro atoms. The third-order valence-corrected chi connectivity index (χ3v) is 4.16. The number of carbonyl (C=O) groups is 1. The molecule has 0 aliphatic carbocycles. The van der Waals surface area contributed by atoms with E-state index in [0.29, 0.717) is 10.7 Å². The summed E-state index contributed by atoms with van der Waals surface area (Å²) in [7, 11) is -4.33. The number of anilines is 2. The lowest BCUT2D eigenvalue weighted by molar-refractivity contribution is 0.262. The second kappa shape index (κ2) is 6.53. The van der Waals surface area contributed by atoms with Gasteiger partial charge in [-0.05, 0) is 36.4 Å². The van der Waals surface area contributed by atoms with Crippen molar-refractivity contribution in [1.29, 1.82) is 0 Å². The maximum absolute atomic E-state index is 11.8. The van der Waals surface area contributed by atoms with Gasteiger partial charge in [0, 0.05) is 11.4 Å². The maximum atomic E-state index is 11.8. The fourth-order valence-electron chi connectivity index (χ4n) is 1.60. The molecule has 0 bridgehead atoms. The summed E-state index contributed by atoms with van der Waals surface area (Å²) in [5, 5.41) is 5.59. The highest BCUT2D eigenvalue weighted by atomic mass is 35.5. The molecule has 0 unspecified atom stereocenters. The third-order valence-electron chi connectivity index (χ3n) is 2.57. The molecular weight excluding hydrogens is 351 g/mol. The predicted molar refractivity (Wildman–Crippen MR) is 85.4 cm³/mol. The number of halogens is 2. The Bertz CT molecular complexity index is 825. The topological polar surface area (TPSA) is 95.5 Å². The van der Waals surface area contributed by atoms with Crippen molar-refractivity contribution in [3.05, 3.63) is 52.5 Å². The molecule has 2 aromatic carbocycles. The van der Waals surface area contributed by atoms with Gasteiger partial charge in [-0.25, -0.2) is 4.79 Å². The van der Waals surface area contributed by atoms with Gasteiger partial charge >= 0.3 is 6.03 Å². The van der Waals surface area contributed by atoms with E-state index in [1.54, 1.807) is 6.07 Å². The van der Waals surface area contributed by atoms with Crippen LogP contribution >= 0.6 is 23.2 Å². The minimum Gasteiger partial charge on any atom is -0.308 e. The normalized spacial score (nSPS) is 11.0. The van der Waals surface area contributed by atoms with E-state index in [1.165, 1.54) is 30.3 Å². The van der Waals surface area contributed by atoms with Crippen LogP contribution in [0.1, 0.15) is 0 Å². The Morgan fingerprint density at radius 1 is 0.955 bits per heavy atom. The van der Waals surface area contributed by atoms with Gasteiger partial charge in [-0.2, -0.15) is 8.42 Å². The van der Waals surface area contributed by atoms with Crippen molar-refractivity contribution >= 4 is 50.7 Å². The van der Waals surface area contributed by atoms with Crippen molar-refractivity contribution < 1.29 is 17.8 Å². The van der Waals surface area contributed by atoms with Gasteiger partial charge < -0.3 is 10.6 Å². The minimum atomic E-state index is -4.33. The molecule has 0 saturated carbocycles. The van der Waals surface area contributed by atoms with Crippen molar-refractivity contribution in [1.82, 2.24) is 0 Å². The number of rotatable bonds is 3. The molecule has 0 aliphatic rings. The number of hydrogen-bond donors (Lipinski definition) is 3. The Balaban J connectivity index is 2.10. The fraction of sp³-hybridized carbons (Fsp3) is 0. The minimum absolute atomic E-state index is 0.202. The predicted octanol–water partition coefficient (Wildman–Crippen LogP) is 3.88. The lowest BCUT2D eigenvalue weighted by Gasteiger charge is -2.09. The van der Waals surface area contributed by atoms with Gasteiger partial charge in [0.25, 0.3) is 10.1 Å². The van der Waals surface area contributed by atoms with Gasteiger partial charge in [0.05, 0.1) is 14.9 Å². The molecule has 0 fully saturated rings. The number of nitrogens with one attached hydrogen (secondary N) is 2. The summed E-state index contributed by atoms with van der Waals surface area (Å²) in [6.07, 6.45) is 0. The first-order valence-electron chi connectivity index (χ1n) is 5.86. The molecular formula is C13H10Cl2N2O4S. The molecule has 2 aromatic rings. The standard InChI is InChI=1S/C13H10Cl2N2O4S/c14-11-5-4-9(7-12(11)15)17-13(18)16-8-2-1-3-10(6-8)22(19,20)21/h1-7H,(H2,16,17,18)(H,19,20,21). The number of benzene rings is 2. The van der Waals surface area contributed by atoms with Crippen molar-refractivity contribution in [2.75, 3.05) is 10.6 Å². The van der Waals surface area contributed by atoms with E-state index in [-0.39, 0.29) is 15.6 Å². The molecule has 9 heteroatoms. The zero-order valence-corrected chi connectivity index (χ0v) is 13.2. The van der Waals surface area contributed by atoms with Crippen molar-refractivity contribution in [2.45, 2.75) is 4.90 Å². The zero-order valence-electron chi connectivity index (χ0n) is 10.9. The fourth-order valence-corrected chi connectivity index (χ4v) is 2.43. The lowest BCUT2D eigenvalue weighted by atomic mass is 10.3.